The molecule has 1 aromatic rings. The quantitative estimate of drug-likeness (QED) is 0.800. The molecule has 1 aromatic heterocycles. The second-order valence-corrected chi connectivity index (χ2v) is 4.76. The predicted octanol–water partition coefficient (Wildman–Crippen LogP) is 0.460. The summed E-state index contributed by atoms with van der Waals surface area (Å²) in [5.74, 6) is -0.408. The Labute approximate surface area is 112 Å². The standard InChI is InChI=1S/C13H19N3O3/c1-9-12(5-10(14)6-15-9)13(17)19-8-11-7-16(2)3-4-18-11/h5-6,11H,3-4,7-8,14H2,1-2H3. The maximum atomic E-state index is 12.0. The average molecular weight is 265 g/mol. The molecule has 1 saturated heterocycles. The highest BCUT2D eigenvalue weighted by Crippen LogP contribution is 2.12. The highest BCUT2D eigenvalue weighted by atomic mass is 16.6. The molecule has 0 bridgehead atoms. The highest BCUT2D eigenvalue weighted by Gasteiger charge is 2.20. The Balaban J connectivity index is 1.92. The van der Waals surface area contributed by atoms with Gasteiger partial charge in [0.05, 0.1) is 29.7 Å². The zero-order valence-corrected chi connectivity index (χ0v) is 11.3. The molecule has 0 aromatic carbocycles. The summed E-state index contributed by atoms with van der Waals surface area (Å²) in [7, 11) is 2.02. The molecule has 1 fully saturated rings. The van der Waals surface area contributed by atoms with Crippen LogP contribution in [0.25, 0.3) is 0 Å². The lowest BCUT2D eigenvalue weighted by Crippen LogP contribution is -2.42. The molecule has 0 aliphatic carbocycles. The molecule has 6 heteroatoms. The van der Waals surface area contributed by atoms with Gasteiger partial charge in [-0.25, -0.2) is 4.79 Å². The first-order valence-corrected chi connectivity index (χ1v) is 6.25. The number of hydrogen-bond donors (Lipinski definition) is 1. The van der Waals surface area contributed by atoms with Crippen LogP contribution in [0.2, 0.25) is 0 Å². The number of carbonyl (C=O) groups excluding carboxylic acids is 1. The summed E-state index contributed by atoms with van der Waals surface area (Å²) in [6.07, 6.45) is 1.45. The molecule has 1 atom stereocenters. The number of rotatable bonds is 3. The second-order valence-electron chi connectivity index (χ2n) is 4.76. The highest BCUT2D eigenvalue weighted by molar-refractivity contribution is 5.91. The van der Waals surface area contributed by atoms with Gasteiger partial charge in [-0.1, -0.05) is 0 Å². The van der Waals surface area contributed by atoms with Gasteiger partial charge in [-0.2, -0.15) is 0 Å². The summed E-state index contributed by atoms with van der Waals surface area (Å²) in [6, 6.07) is 1.58. The first-order chi connectivity index (χ1) is 9.06. The van der Waals surface area contributed by atoms with E-state index >= 15 is 0 Å². The Kier molecular flexibility index (Phi) is 4.34. The molecule has 0 spiro atoms. The molecule has 2 N–H and O–H groups in total. The van der Waals surface area contributed by atoms with E-state index in [1.54, 1.807) is 13.0 Å². The van der Waals surface area contributed by atoms with Gasteiger partial charge in [0.2, 0.25) is 0 Å². The van der Waals surface area contributed by atoms with Crippen molar-refractivity contribution in [3.05, 3.63) is 23.5 Å². The summed E-state index contributed by atoms with van der Waals surface area (Å²) in [5.41, 5.74) is 7.09. The van der Waals surface area contributed by atoms with Gasteiger partial charge in [0.15, 0.2) is 0 Å². The first-order valence-electron chi connectivity index (χ1n) is 6.25. The molecule has 1 aliphatic heterocycles. The topological polar surface area (TPSA) is 77.7 Å². The van der Waals surface area contributed by atoms with Crippen LogP contribution in [0.5, 0.6) is 0 Å². The maximum Gasteiger partial charge on any atom is 0.340 e. The van der Waals surface area contributed by atoms with E-state index in [-0.39, 0.29) is 12.7 Å². The number of morpholine rings is 1. The van der Waals surface area contributed by atoms with E-state index in [1.807, 2.05) is 7.05 Å². The lowest BCUT2D eigenvalue weighted by molar-refractivity contribution is -0.0528. The summed E-state index contributed by atoms with van der Waals surface area (Å²) < 4.78 is 10.8. The van der Waals surface area contributed by atoms with Gasteiger partial charge in [0, 0.05) is 13.1 Å². The molecule has 2 rings (SSSR count). The van der Waals surface area contributed by atoms with Crippen molar-refractivity contribution in [1.29, 1.82) is 0 Å². The predicted molar refractivity (Wildman–Crippen MR) is 70.9 cm³/mol. The number of hydrogen-bond acceptors (Lipinski definition) is 6. The third-order valence-electron chi connectivity index (χ3n) is 3.07. The van der Waals surface area contributed by atoms with Crippen LogP contribution in [-0.4, -0.2) is 55.3 Å². The second kappa shape index (κ2) is 5.99. The van der Waals surface area contributed by atoms with Gasteiger partial charge in [-0.3, -0.25) is 4.98 Å². The number of likely N-dealkylation sites (N-methyl/N-ethyl adjacent to an activating group) is 1. The normalized spacial score (nSPS) is 20.2. The van der Waals surface area contributed by atoms with Gasteiger partial charge in [0.25, 0.3) is 0 Å². The Hall–Kier alpha value is -1.66. The molecular weight excluding hydrogens is 246 g/mol. The summed E-state index contributed by atoms with van der Waals surface area (Å²) in [5, 5.41) is 0. The Morgan fingerprint density at radius 1 is 1.68 bits per heavy atom. The number of aromatic nitrogens is 1. The fourth-order valence-corrected chi connectivity index (χ4v) is 1.97. The smallest absolute Gasteiger partial charge is 0.340 e. The zero-order chi connectivity index (χ0) is 13.8. The van der Waals surface area contributed by atoms with Crippen molar-refractivity contribution in [2.75, 3.05) is 39.1 Å². The fourth-order valence-electron chi connectivity index (χ4n) is 1.97. The number of nitrogens with zero attached hydrogens (tertiary/aromatic N) is 2. The van der Waals surface area contributed by atoms with Crippen LogP contribution in [0, 0.1) is 6.92 Å². The number of esters is 1. The van der Waals surface area contributed by atoms with Crippen molar-refractivity contribution >= 4 is 11.7 Å². The third kappa shape index (κ3) is 3.65. The fraction of sp³-hybridized carbons (Fsp3) is 0.538. The SMILES string of the molecule is Cc1ncc(N)cc1C(=O)OCC1CN(C)CCO1. The van der Waals surface area contributed by atoms with Crippen molar-refractivity contribution < 1.29 is 14.3 Å². The molecule has 1 unspecified atom stereocenters. The van der Waals surface area contributed by atoms with E-state index in [2.05, 4.69) is 9.88 Å². The van der Waals surface area contributed by atoms with Gasteiger partial charge >= 0.3 is 5.97 Å². The molecule has 2 heterocycles. The van der Waals surface area contributed by atoms with E-state index in [4.69, 9.17) is 15.2 Å². The molecule has 0 amide bonds. The van der Waals surface area contributed by atoms with Crippen LogP contribution in [0.15, 0.2) is 12.3 Å². The van der Waals surface area contributed by atoms with Crippen LogP contribution >= 0.6 is 0 Å². The Morgan fingerprint density at radius 2 is 2.47 bits per heavy atom. The van der Waals surface area contributed by atoms with Crippen molar-refractivity contribution in [1.82, 2.24) is 9.88 Å². The summed E-state index contributed by atoms with van der Waals surface area (Å²) >= 11 is 0. The van der Waals surface area contributed by atoms with Crippen LogP contribution in [0.1, 0.15) is 16.1 Å². The van der Waals surface area contributed by atoms with Crippen LogP contribution in [0.3, 0.4) is 0 Å². The summed E-state index contributed by atoms with van der Waals surface area (Å²) in [4.78, 5) is 18.1. The average Bonchev–Trinajstić information content (AvgIpc) is 2.39. The lowest BCUT2D eigenvalue weighted by atomic mass is 10.2. The number of aryl methyl sites for hydroxylation is 1. The molecule has 6 nitrogen and oxygen atoms in total. The van der Waals surface area contributed by atoms with Crippen molar-refractivity contribution in [2.45, 2.75) is 13.0 Å². The van der Waals surface area contributed by atoms with Gasteiger partial charge in [-0.05, 0) is 20.0 Å². The van der Waals surface area contributed by atoms with E-state index in [1.165, 1.54) is 6.20 Å². The Morgan fingerprint density at radius 3 is 3.21 bits per heavy atom. The largest absolute Gasteiger partial charge is 0.459 e. The van der Waals surface area contributed by atoms with Gasteiger partial charge in [-0.15, -0.1) is 0 Å². The van der Waals surface area contributed by atoms with Crippen LogP contribution < -0.4 is 5.73 Å². The number of carbonyl (C=O) groups is 1. The number of nitrogens with two attached hydrogens (primary N) is 1. The van der Waals surface area contributed by atoms with Crippen molar-refractivity contribution in [2.24, 2.45) is 0 Å². The summed E-state index contributed by atoms with van der Waals surface area (Å²) in [6.45, 7) is 4.33. The third-order valence-corrected chi connectivity index (χ3v) is 3.07. The van der Waals surface area contributed by atoms with E-state index in [0.29, 0.717) is 23.6 Å². The number of ether oxygens (including phenoxy) is 2. The molecule has 1 aliphatic rings. The van der Waals surface area contributed by atoms with Crippen LogP contribution in [-0.2, 0) is 9.47 Å². The van der Waals surface area contributed by atoms with E-state index in [9.17, 15) is 4.79 Å². The van der Waals surface area contributed by atoms with E-state index < -0.39 is 5.97 Å². The minimum absolute atomic E-state index is 0.0722. The number of anilines is 1. The van der Waals surface area contributed by atoms with Gasteiger partial charge < -0.3 is 20.1 Å². The molecule has 0 saturated carbocycles. The first kappa shape index (κ1) is 13.8. The molecule has 104 valence electrons. The van der Waals surface area contributed by atoms with Gasteiger partial charge in [0.1, 0.15) is 12.7 Å². The van der Waals surface area contributed by atoms with Crippen LogP contribution in [0.4, 0.5) is 5.69 Å². The molecule has 0 radical (unpaired) electrons. The number of pyridine rings is 1. The van der Waals surface area contributed by atoms with Crippen molar-refractivity contribution in [3.63, 3.8) is 0 Å². The molecular formula is C13H19N3O3. The zero-order valence-electron chi connectivity index (χ0n) is 11.3. The van der Waals surface area contributed by atoms with E-state index in [0.717, 1.165) is 13.1 Å². The monoisotopic (exact) mass is 265 g/mol. The number of nitrogen functional groups attached to an aromatic ring is 1. The molecule has 19 heavy (non-hydrogen) atoms. The Bertz CT molecular complexity index is 464. The minimum atomic E-state index is -0.408. The van der Waals surface area contributed by atoms with Crippen molar-refractivity contribution in [3.8, 4) is 0 Å². The lowest BCUT2D eigenvalue weighted by Gasteiger charge is -2.29. The minimum Gasteiger partial charge on any atom is -0.459 e. The maximum absolute atomic E-state index is 12.0.